The highest BCUT2D eigenvalue weighted by molar-refractivity contribution is 5.45. The van der Waals surface area contributed by atoms with Crippen LogP contribution in [0.4, 0.5) is 0 Å². The molecule has 0 radical (unpaired) electrons. The number of β-amino-alcohol motifs (C(OH)–C–C–N with tert-alkyl or cyclic N) is 1. The van der Waals surface area contributed by atoms with Crippen LogP contribution in [-0.2, 0) is 6.54 Å². The Morgan fingerprint density at radius 3 is 2.58 bits per heavy atom. The molecule has 1 saturated heterocycles. The Labute approximate surface area is 141 Å². The molecule has 6 heteroatoms. The van der Waals surface area contributed by atoms with Crippen molar-refractivity contribution in [3.8, 4) is 11.5 Å². The summed E-state index contributed by atoms with van der Waals surface area (Å²) in [5.41, 5.74) is 0.872. The number of nitrogens with zero attached hydrogens (tertiary/aromatic N) is 2. The summed E-state index contributed by atoms with van der Waals surface area (Å²) in [5, 5.41) is 10.5. The third kappa shape index (κ3) is 3.40. The Kier molecular flexibility index (Phi) is 4.42. The van der Waals surface area contributed by atoms with Crippen molar-refractivity contribution in [2.45, 2.75) is 12.6 Å². The Hall–Kier alpha value is -2.02. The van der Waals surface area contributed by atoms with Crippen LogP contribution in [-0.4, -0.2) is 54.4 Å². The SMILES string of the molecule is OC(CN1CCN(Cc2ccco2)CC1)c1ccc2c(c1)OCO2. The first-order valence-electron chi connectivity index (χ1n) is 8.32. The molecule has 3 heterocycles. The van der Waals surface area contributed by atoms with Gasteiger partial charge >= 0.3 is 0 Å². The topological polar surface area (TPSA) is 58.3 Å². The number of benzene rings is 1. The van der Waals surface area contributed by atoms with Gasteiger partial charge in [-0.1, -0.05) is 6.07 Å². The lowest BCUT2D eigenvalue weighted by molar-refractivity contribution is 0.0677. The summed E-state index contributed by atoms with van der Waals surface area (Å²) >= 11 is 0. The molecule has 1 fully saturated rings. The first kappa shape index (κ1) is 15.5. The molecule has 0 amide bonds. The Balaban J connectivity index is 1.28. The van der Waals surface area contributed by atoms with E-state index in [1.807, 2.05) is 30.3 Å². The van der Waals surface area contributed by atoms with Crippen molar-refractivity contribution in [2.75, 3.05) is 39.5 Å². The summed E-state index contributed by atoms with van der Waals surface area (Å²) in [5.74, 6) is 2.47. The molecule has 1 unspecified atom stereocenters. The van der Waals surface area contributed by atoms with Gasteiger partial charge in [-0.3, -0.25) is 9.80 Å². The van der Waals surface area contributed by atoms with Crippen molar-refractivity contribution in [1.82, 2.24) is 9.80 Å². The number of piperazine rings is 1. The van der Waals surface area contributed by atoms with Crippen LogP contribution in [0.25, 0.3) is 0 Å². The van der Waals surface area contributed by atoms with Crippen molar-refractivity contribution in [2.24, 2.45) is 0 Å². The van der Waals surface area contributed by atoms with Crippen LogP contribution in [0.3, 0.4) is 0 Å². The van der Waals surface area contributed by atoms with Crippen molar-refractivity contribution < 1.29 is 19.0 Å². The molecular formula is C18H22N2O4. The molecule has 2 aliphatic rings. The molecule has 6 nitrogen and oxygen atoms in total. The smallest absolute Gasteiger partial charge is 0.231 e. The summed E-state index contributed by atoms with van der Waals surface area (Å²) in [6, 6.07) is 9.58. The second kappa shape index (κ2) is 6.84. The number of aliphatic hydroxyl groups is 1. The van der Waals surface area contributed by atoms with Gasteiger partial charge in [0.15, 0.2) is 11.5 Å². The summed E-state index contributed by atoms with van der Waals surface area (Å²) in [7, 11) is 0. The predicted molar refractivity (Wildman–Crippen MR) is 87.9 cm³/mol. The number of rotatable bonds is 5. The van der Waals surface area contributed by atoms with Gasteiger partial charge < -0.3 is 19.0 Å². The lowest BCUT2D eigenvalue weighted by Crippen LogP contribution is -2.47. The summed E-state index contributed by atoms with van der Waals surface area (Å²) in [4.78, 5) is 4.68. The van der Waals surface area contributed by atoms with E-state index >= 15 is 0 Å². The fraction of sp³-hybridized carbons (Fsp3) is 0.444. The minimum absolute atomic E-state index is 0.256. The largest absolute Gasteiger partial charge is 0.468 e. The van der Waals surface area contributed by atoms with Crippen molar-refractivity contribution in [1.29, 1.82) is 0 Å². The minimum Gasteiger partial charge on any atom is -0.468 e. The van der Waals surface area contributed by atoms with Crippen LogP contribution < -0.4 is 9.47 Å². The highest BCUT2D eigenvalue weighted by atomic mass is 16.7. The molecule has 1 aromatic heterocycles. The van der Waals surface area contributed by atoms with Crippen LogP contribution in [0.5, 0.6) is 11.5 Å². The van der Waals surface area contributed by atoms with Gasteiger partial charge in [0.1, 0.15) is 5.76 Å². The van der Waals surface area contributed by atoms with Crippen LogP contribution >= 0.6 is 0 Å². The lowest BCUT2D eigenvalue weighted by atomic mass is 10.1. The number of hydrogen-bond donors (Lipinski definition) is 1. The number of fused-ring (bicyclic) bond motifs is 1. The summed E-state index contributed by atoms with van der Waals surface area (Å²) in [6.07, 6.45) is 1.20. The van der Waals surface area contributed by atoms with Gasteiger partial charge in [0.05, 0.1) is 18.9 Å². The van der Waals surface area contributed by atoms with Crippen molar-refractivity contribution in [3.05, 3.63) is 47.9 Å². The molecule has 2 aliphatic heterocycles. The average molecular weight is 330 g/mol. The van der Waals surface area contributed by atoms with Crippen LogP contribution in [0, 0.1) is 0 Å². The Morgan fingerprint density at radius 1 is 1.00 bits per heavy atom. The second-order valence-electron chi connectivity index (χ2n) is 6.28. The van der Waals surface area contributed by atoms with Gasteiger partial charge in [0.25, 0.3) is 0 Å². The zero-order valence-electron chi connectivity index (χ0n) is 13.6. The van der Waals surface area contributed by atoms with Crippen molar-refractivity contribution in [3.63, 3.8) is 0 Å². The van der Waals surface area contributed by atoms with E-state index in [4.69, 9.17) is 13.9 Å². The maximum atomic E-state index is 10.5. The van der Waals surface area contributed by atoms with E-state index in [0.29, 0.717) is 6.54 Å². The van der Waals surface area contributed by atoms with Crippen LogP contribution in [0.1, 0.15) is 17.4 Å². The quantitative estimate of drug-likeness (QED) is 0.903. The number of aliphatic hydroxyl groups excluding tert-OH is 1. The van der Waals surface area contributed by atoms with E-state index in [1.165, 1.54) is 0 Å². The van der Waals surface area contributed by atoms with E-state index in [0.717, 1.165) is 55.5 Å². The molecule has 1 N–H and O–H groups in total. The molecule has 1 atom stereocenters. The number of hydrogen-bond acceptors (Lipinski definition) is 6. The lowest BCUT2D eigenvalue weighted by Gasteiger charge is -2.35. The highest BCUT2D eigenvalue weighted by Crippen LogP contribution is 2.34. The van der Waals surface area contributed by atoms with E-state index in [9.17, 15) is 5.11 Å². The normalized spacial score (nSPS) is 19.5. The van der Waals surface area contributed by atoms with Gasteiger partial charge in [-0.25, -0.2) is 0 Å². The predicted octanol–water partition coefficient (Wildman–Crippen LogP) is 1.86. The number of ether oxygens (including phenoxy) is 2. The monoisotopic (exact) mass is 330 g/mol. The molecule has 24 heavy (non-hydrogen) atoms. The summed E-state index contributed by atoms with van der Waals surface area (Å²) < 4.78 is 16.1. The van der Waals surface area contributed by atoms with Gasteiger partial charge in [-0.2, -0.15) is 0 Å². The fourth-order valence-corrected chi connectivity index (χ4v) is 3.22. The molecular weight excluding hydrogens is 308 g/mol. The molecule has 2 aromatic rings. The average Bonchev–Trinajstić information content (AvgIpc) is 3.27. The first-order chi connectivity index (χ1) is 11.8. The minimum atomic E-state index is -0.517. The third-order valence-electron chi connectivity index (χ3n) is 4.64. The summed E-state index contributed by atoms with van der Waals surface area (Å²) in [6.45, 7) is 5.60. The van der Waals surface area contributed by atoms with Crippen LogP contribution in [0.2, 0.25) is 0 Å². The second-order valence-corrected chi connectivity index (χ2v) is 6.28. The maximum absolute atomic E-state index is 10.5. The van der Waals surface area contributed by atoms with E-state index in [1.54, 1.807) is 6.26 Å². The first-order valence-corrected chi connectivity index (χ1v) is 8.32. The third-order valence-corrected chi connectivity index (χ3v) is 4.64. The fourth-order valence-electron chi connectivity index (χ4n) is 3.22. The van der Waals surface area contributed by atoms with Crippen LogP contribution in [0.15, 0.2) is 41.0 Å². The van der Waals surface area contributed by atoms with E-state index in [-0.39, 0.29) is 6.79 Å². The molecule has 4 rings (SSSR count). The highest BCUT2D eigenvalue weighted by Gasteiger charge is 2.22. The van der Waals surface area contributed by atoms with Gasteiger partial charge in [-0.05, 0) is 29.8 Å². The van der Waals surface area contributed by atoms with Gasteiger partial charge in [-0.15, -0.1) is 0 Å². The van der Waals surface area contributed by atoms with E-state index in [2.05, 4.69) is 9.80 Å². The van der Waals surface area contributed by atoms with Gasteiger partial charge in [0.2, 0.25) is 6.79 Å². The maximum Gasteiger partial charge on any atom is 0.231 e. The Morgan fingerprint density at radius 2 is 1.79 bits per heavy atom. The van der Waals surface area contributed by atoms with E-state index < -0.39 is 6.10 Å². The Bertz CT molecular complexity index is 666. The zero-order valence-corrected chi connectivity index (χ0v) is 13.6. The molecule has 0 spiro atoms. The van der Waals surface area contributed by atoms with Gasteiger partial charge in [0, 0.05) is 32.7 Å². The molecule has 128 valence electrons. The zero-order chi connectivity index (χ0) is 16.4. The number of furan rings is 1. The van der Waals surface area contributed by atoms with Crippen molar-refractivity contribution >= 4 is 0 Å². The molecule has 0 saturated carbocycles. The standard InChI is InChI=1S/C18H22N2O4/c21-16(14-3-4-17-18(10-14)24-13-23-17)12-20-7-5-19(6-8-20)11-15-2-1-9-22-15/h1-4,9-10,16,21H,5-8,11-13H2. The molecule has 0 aliphatic carbocycles. The molecule has 1 aromatic carbocycles. The molecule has 0 bridgehead atoms.